The molecule has 0 saturated heterocycles. The topological polar surface area (TPSA) is 35.2 Å². The fraction of sp³-hybridized carbons (Fsp3) is 0.385. The normalized spacial score (nSPS) is 12.2. The van der Waals surface area contributed by atoms with Crippen molar-refractivity contribution in [3.8, 4) is 5.75 Å². The average molecular weight is 205 g/mol. The zero-order valence-electron chi connectivity index (χ0n) is 9.49. The van der Waals surface area contributed by atoms with Crippen LogP contribution in [0, 0.1) is 0 Å². The van der Waals surface area contributed by atoms with Crippen molar-refractivity contribution in [2.75, 3.05) is 6.61 Å². The highest BCUT2D eigenvalue weighted by Crippen LogP contribution is 2.13. The Bertz CT molecular complexity index is 314. The average Bonchev–Trinajstić information content (AvgIpc) is 2.16. The van der Waals surface area contributed by atoms with E-state index >= 15 is 0 Å². The predicted molar refractivity (Wildman–Crippen MR) is 64.1 cm³/mol. The molecule has 0 saturated carbocycles. The SMILES string of the molecule is C=C(C)COc1ccc(CC(C)N)cc1. The molecule has 0 fully saturated rings. The molecule has 1 atom stereocenters. The van der Waals surface area contributed by atoms with E-state index in [1.807, 2.05) is 26.0 Å². The van der Waals surface area contributed by atoms with Crippen LogP contribution in [0.4, 0.5) is 0 Å². The van der Waals surface area contributed by atoms with Gasteiger partial charge in [0.1, 0.15) is 12.4 Å². The summed E-state index contributed by atoms with van der Waals surface area (Å²) in [5.74, 6) is 0.881. The van der Waals surface area contributed by atoms with Crippen molar-refractivity contribution < 1.29 is 4.74 Å². The van der Waals surface area contributed by atoms with Crippen LogP contribution in [0.2, 0.25) is 0 Å². The van der Waals surface area contributed by atoms with Crippen molar-refractivity contribution in [1.82, 2.24) is 0 Å². The first kappa shape index (κ1) is 11.8. The van der Waals surface area contributed by atoms with Gasteiger partial charge in [0.25, 0.3) is 0 Å². The van der Waals surface area contributed by atoms with Crippen LogP contribution in [0.1, 0.15) is 19.4 Å². The van der Waals surface area contributed by atoms with Crippen LogP contribution in [-0.2, 0) is 6.42 Å². The van der Waals surface area contributed by atoms with Gasteiger partial charge in [-0.15, -0.1) is 0 Å². The molecule has 2 heteroatoms. The number of hydrogen-bond acceptors (Lipinski definition) is 2. The van der Waals surface area contributed by atoms with E-state index in [0.29, 0.717) is 6.61 Å². The van der Waals surface area contributed by atoms with Gasteiger partial charge in [0.05, 0.1) is 0 Å². The van der Waals surface area contributed by atoms with Gasteiger partial charge < -0.3 is 10.5 Å². The molecule has 0 radical (unpaired) electrons. The van der Waals surface area contributed by atoms with Crippen LogP contribution in [0.5, 0.6) is 5.75 Å². The Kier molecular flexibility index (Phi) is 4.37. The van der Waals surface area contributed by atoms with Crippen LogP contribution >= 0.6 is 0 Å². The molecule has 15 heavy (non-hydrogen) atoms. The van der Waals surface area contributed by atoms with Gasteiger partial charge in [0.2, 0.25) is 0 Å². The lowest BCUT2D eigenvalue weighted by Crippen LogP contribution is -2.17. The molecule has 82 valence electrons. The minimum atomic E-state index is 0.201. The van der Waals surface area contributed by atoms with Gasteiger partial charge in [-0.3, -0.25) is 0 Å². The second-order valence-electron chi connectivity index (χ2n) is 4.07. The molecule has 0 aliphatic heterocycles. The quantitative estimate of drug-likeness (QED) is 0.750. The van der Waals surface area contributed by atoms with Crippen LogP contribution in [-0.4, -0.2) is 12.6 Å². The van der Waals surface area contributed by atoms with E-state index in [9.17, 15) is 0 Å². The van der Waals surface area contributed by atoms with Gasteiger partial charge in [-0.1, -0.05) is 18.7 Å². The van der Waals surface area contributed by atoms with Crippen molar-refractivity contribution >= 4 is 0 Å². The molecule has 1 aromatic carbocycles. The van der Waals surface area contributed by atoms with Crippen molar-refractivity contribution in [3.05, 3.63) is 42.0 Å². The maximum atomic E-state index is 5.72. The summed E-state index contributed by atoms with van der Waals surface area (Å²) in [4.78, 5) is 0. The largest absolute Gasteiger partial charge is 0.489 e. The highest BCUT2D eigenvalue weighted by Gasteiger charge is 1.98. The first-order valence-electron chi connectivity index (χ1n) is 5.19. The molecular formula is C13H19NO. The Morgan fingerprint density at radius 2 is 2.00 bits per heavy atom. The maximum absolute atomic E-state index is 5.72. The first-order chi connectivity index (χ1) is 7.08. The number of ether oxygens (including phenoxy) is 1. The lowest BCUT2D eigenvalue weighted by Gasteiger charge is -2.08. The molecule has 0 aliphatic carbocycles. The van der Waals surface area contributed by atoms with E-state index in [1.54, 1.807) is 0 Å². The van der Waals surface area contributed by atoms with Gasteiger partial charge in [0.15, 0.2) is 0 Å². The number of hydrogen-bond donors (Lipinski definition) is 1. The van der Waals surface area contributed by atoms with Gasteiger partial charge in [-0.25, -0.2) is 0 Å². The summed E-state index contributed by atoms with van der Waals surface area (Å²) in [6.45, 7) is 8.32. The minimum Gasteiger partial charge on any atom is -0.489 e. The van der Waals surface area contributed by atoms with E-state index in [2.05, 4.69) is 18.7 Å². The molecule has 0 bridgehead atoms. The molecule has 2 N–H and O–H groups in total. The summed E-state index contributed by atoms with van der Waals surface area (Å²) < 4.78 is 5.50. The summed E-state index contributed by atoms with van der Waals surface area (Å²) in [5.41, 5.74) is 7.98. The molecule has 0 aliphatic rings. The van der Waals surface area contributed by atoms with Gasteiger partial charge >= 0.3 is 0 Å². The first-order valence-corrected chi connectivity index (χ1v) is 5.19. The molecule has 0 spiro atoms. The Labute approximate surface area is 91.7 Å². The molecular weight excluding hydrogens is 186 g/mol. The van der Waals surface area contributed by atoms with Crippen molar-refractivity contribution in [2.45, 2.75) is 26.3 Å². The standard InChI is InChI=1S/C13H19NO/c1-10(2)9-15-13-6-4-12(5-7-13)8-11(3)14/h4-7,11H,1,8-9,14H2,2-3H3. The van der Waals surface area contributed by atoms with E-state index in [0.717, 1.165) is 17.7 Å². The summed E-state index contributed by atoms with van der Waals surface area (Å²) in [7, 11) is 0. The van der Waals surface area contributed by atoms with E-state index < -0.39 is 0 Å². The third-order valence-corrected chi connectivity index (χ3v) is 1.97. The third kappa shape index (κ3) is 4.66. The Morgan fingerprint density at radius 1 is 1.40 bits per heavy atom. The highest BCUT2D eigenvalue weighted by molar-refractivity contribution is 5.28. The second kappa shape index (κ2) is 5.56. The molecule has 1 aromatic rings. The van der Waals surface area contributed by atoms with Gasteiger partial charge in [-0.2, -0.15) is 0 Å². The summed E-state index contributed by atoms with van der Waals surface area (Å²) in [6.07, 6.45) is 0.904. The molecule has 1 rings (SSSR count). The summed E-state index contributed by atoms with van der Waals surface area (Å²) in [5, 5.41) is 0. The summed E-state index contributed by atoms with van der Waals surface area (Å²) >= 11 is 0. The number of benzene rings is 1. The summed E-state index contributed by atoms with van der Waals surface area (Å²) in [6, 6.07) is 8.25. The zero-order chi connectivity index (χ0) is 11.3. The van der Waals surface area contributed by atoms with Crippen molar-refractivity contribution in [2.24, 2.45) is 5.73 Å². The van der Waals surface area contributed by atoms with Crippen molar-refractivity contribution in [1.29, 1.82) is 0 Å². The molecule has 0 aromatic heterocycles. The van der Waals surface area contributed by atoms with Crippen LogP contribution < -0.4 is 10.5 Å². The van der Waals surface area contributed by atoms with Gasteiger partial charge in [-0.05, 0) is 43.5 Å². The second-order valence-corrected chi connectivity index (χ2v) is 4.07. The highest BCUT2D eigenvalue weighted by atomic mass is 16.5. The van der Waals surface area contributed by atoms with E-state index in [-0.39, 0.29) is 6.04 Å². The monoisotopic (exact) mass is 205 g/mol. The Balaban J connectivity index is 2.52. The minimum absolute atomic E-state index is 0.201. The van der Waals surface area contributed by atoms with E-state index in [4.69, 9.17) is 10.5 Å². The molecule has 2 nitrogen and oxygen atoms in total. The smallest absolute Gasteiger partial charge is 0.119 e. The van der Waals surface area contributed by atoms with Crippen LogP contribution in [0.15, 0.2) is 36.4 Å². The van der Waals surface area contributed by atoms with Crippen LogP contribution in [0.25, 0.3) is 0 Å². The maximum Gasteiger partial charge on any atom is 0.119 e. The van der Waals surface area contributed by atoms with Crippen molar-refractivity contribution in [3.63, 3.8) is 0 Å². The molecule has 1 unspecified atom stereocenters. The predicted octanol–water partition coefficient (Wildman–Crippen LogP) is 2.53. The fourth-order valence-corrected chi connectivity index (χ4v) is 1.30. The number of rotatable bonds is 5. The van der Waals surface area contributed by atoms with Gasteiger partial charge in [0, 0.05) is 6.04 Å². The Morgan fingerprint density at radius 3 is 2.47 bits per heavy atom. The van der Waals surface area contributed by atoms with Crippen LogP contribution in [0.3, 0.4) is 0 Å². The zero-order valence-corrected chi connectivity index (χ0v) is 9.49. The lowest BCUT2D eigenvalue weighted by atomic mass is 10.1. The molecule has 0 amide bonds. The fourth-order valence-electron chi connectivity index (χ4n) is 1.30. The Hall–Kier alpha value is -1.28. The van der Waals surface area contributed by atoms with E-state index in [1.165, 1.54) is 5.56 Å². The lowest BCUT2D eigenvalue weighted by molar-refractivity contribution is 0.352. The number of nitrogens with two attached hydrogens (primary N) is 1. The third-order valence-electron chi connectivity index (χ3n) is 1.97. The molecule has 0 heterocycles.